The molecule has 0 fully saturated rings. The summed E-state index contributed by atoms with van der Waals surface area (Å²) in [6.45, 7) is 3.63. The highest BCUT2D eigenvalue weighted by molar-refractivity contribution is 7.92. The Labute approximate surface area is 156 Å². The first kappa shape index (κ1) is 18.1. The van der Waals surface area contributed by atoms with Gasteiger partial charge in [-0.05, 0) is 49.2 Å². The number of nitrogens with one attached hydrogen (secondary N) is 2. The number of amides is 1. The van der Waals surface area contributed by atoms with Crippen LogP contribution in [-0.4, -0.2) is 19.3 Å². The highest BCUT2D eigenvalue weighted by Gasteiger charge is 2.19. The minimum absolute atomic E-state index is 0.0221. The SMILES string of the molecule is Cc1cccc(NS(=O)(=O)c2ccc(C)c(C(=O)Nc3nccs3)c2)c1. The predicted octanol–water partition coefficient (Wildman–Crippen LogP) is 3.81. The molecule has 0 spiro atoms. The van der Waals surface area contributed by atoms with Gasteiger partial charge in [0.1, 0.15) is 0 Å². The molecule has 8 heteroatoms. The lowest BCUT2D eigenvalue weighted by Gasteiger charge is -2.11. The van der Waals surface area contributed by atoms with Crippen molar-refractivity contribution in [1.29, 1.82) is 0 Å². The summed E-state index contributed by atoms with van der Waals surface area (Å²) >= 11 is 1.29. The molecule has 0 radical (unpaired) electrons. The number of anilines is 2. The molecule has 2 N–H and O–H groups in total. The minimum atomic E-state index is -3.81. The van der Waals surface area contributed by atoms with E-state index in [0.717, 1.165) is 5.56 Å². The zero-order chi connectivity index (χ0) is 18.7. The van der Waals surface area contributed by atoms with E-state index in [1.165, 1.54) is 23.5 Å². The van der Waals surface area contributed by atoms with Crippen LogP contribution in [0.25, 0.3) is 0 Å². The van der Waals surface area contributed by atoms with Crippen LogP contribution in [0.4, 0.5) is 10.8 Å². The summed E-state index contributed by atoms with van der Waals surface area (Å²) in [7, 11) is -3.81. The Morgan fingerprint density at radius 1 is 1.12 bits per heavy atom. The topological polar surface area (TPSA) is 88.2 Å². The van der Waals surface area contributed by atoms with E-state index in [-0.39, 0.29) is 10.5 Å². The normalized spacial score (nSPS) is 11.2. The van der Waals surface area contributed by atoms with Crippen LogP contribution in [0, 0.1) is 13.8 Å². The Balaban J connectivity index is 1.89. The van der Waals surface area contributed by atoms with Gasteiger partial charge in [-0.1, -0.05) is 18.2 Å². The van der Waals surface area contributed by atoms with Gasteiger partial charge >= 0.3 is 0 Å². The molecule has 3 aromatic rings. The fourth-order valence-corrected chi connectivity index (χ4v) is 3.98. The number of nitrogens with zero attached hydrogens (tertiary/aromatic N) is 1. The smallest absolute Gasteiger partial charge is 0.261 e. The molecule has 2 aromatic carbocycles. The Morgan fingerprint density at radius 2 is 1.92 bits per heavy atom. The first-order chi connectivity index (χ1) is 12.3. The maximum absolute atomic E-state index is 12.7. The standard InChI is InChI=1S/C18H17N3O3S2/c1-12-4-3-5-14(10-12)21-26(23,24)15-7-6-13(2)16(11-15)17(22)20-18-19-8-9-25-18/h3-11,21H,1-2H3,(H,19,20,22). The predicted molar refractivity (Wildman–Crippen MR) is 103 cm³/mol. The van der Waals surface area contributed by atoms with E-state index < -0.39 is 15.9 Å². The van der Waals surface area contributed by atoms with Gasteiger partial charge in [0.2, 0.25) is 0 Å². The number of hydrogen-bond acceptors (Lipinski definition) is 5. The van der Waals surface area contributed by atoms with Crippen molar-refractivity contribution in [3.63, 3.8) is 0 Å². The first-order valence-electron chi connectivity index (χ1n) is 7.76. The van der Waals surface area contributed by atoms with Gasteiger partial charge in [0.15, 0.2) is 5.13 Å². The van der Waals surface area contributed by atoms with Crippen LogP contribution in [0.1, 0.15) is 21.5 Å². The lowest BCUT2D eigenvalue weighted by atomic mass is 10.1. The number of carbonyl (C=O) groups excluding carboxylic acids is 1. The third-order valence-corrected chi connectivity index (χ3v) is 5.75. The second kappa shape index (κ2) is 7.27. The molecule has 0 unspecified atom stereocenters. The zero-order valence-electron chi connectivity index (χ0n) is 14.2. The molecule has 134 valence electrons. The maximum Gasteiger partial charge on any atom is 0.261 e. The lowest BCUT2D eigenvalue weighted by Crippen LogP contribution is -2.17. The molecule has 1 heterocycles. The van der Waals surface area contributed by atoms with Crippen LogP contribution in [-0.2, 0) is 10.0 Å². The van der Waals surface area contributed by atoms with E-state index in [9.17, 15) is 13.2 Å². The number of sulfonamides is 1. The summed E-state index contributed by atoms with van der Waals surface area (Å²) in [6.07, 6.45) is 1.58. The van der Waals surface area contributed by atoms with Gasteiger partial charge in [-0.3, -0.25) is 14.8 Å². The first-order valence-corrected chi connectivity index (χ1v) is 10.1. The molecule has 0 aliphatic rings. The monoisotopic (exact) mass is 387 g/mol. The Hall–Kier alpha value is -2.71. The number of carbonyl (C=O) groups is 1. The molecule has 1 amide bonds. The molecule has 0 saturated heterocycles. The number of hydrogen-bond donors (Lipinski definition) is 2. The summed E-state index contributed by atoms with van der Waals surface area (Å²) < 4.78 is 27.9. The third-order valence-electron chi connectivity index (χ3n) is 3.69. The average molecular weight is 387 g/mol. The average Bonchev–Trinajstić information content (AvgIpc) is 3.07. The van der Waals surface area contributed by atoms with Crippen molar-refractivity contribution in [2.45, 2.75) is 18.7 Å². The van der Waals surface area contributed by atoms with Gasteiger partial charge in [0, 0.05) is 22.8 Å². The molecular weight excluding hydrogens is 370 g/mol. The summed E-state index contributed by atoms with van der Waals surface area (Å²) in [4.78, 5) is 16.5. The summed E-state index contributed by atoms with van der Waals surface area (Å²) in [5, 5.41) is 4.87. The van der Waals surface area contributed by atoms with Gasteiger partial charge in [-0.15, -0.1) is 11.3 Å². The molecule has 0 saturated carbocycles. The Bertz CT molecular complexity index is 1050. The molecule has 0 bridgehead atoms. The van der Waals surface area contributed by atoms with Crippen LogP contribution in [0.5, 0.6) is 0 Å². The molecular formula is C18H17N3O3S2. The van der Waals surface area contributed by atoms with Crippen molar-refractivity contribution in [3.8, 4) is 0 Å². The second-order valence-corrected chi connectivity index (χ2v) is 8.32. The summed E-state index contributed by atoms with van der Waals surface area (Å²) in [5.74, 6) is -0.398. The quantitative estimate of drug-likeness (QED) is 0.697. The van der Waals surface area contributed by atoms with Crippen LogP contribution in [0.2, 0.25) is 0 Å². The van der Waals surface area contributed by atoms with Crippen molar-refractivity contribution in [3.05, 3.63) is 70.7 Å². The van der Waals surface area contributed by atoms with Gasteiger partial charge in [-0.25, -0.2) is 13.4 Å². The molecule has 3 rings (SSSR count). The number of benzene rings is 2. The largest absolute Gasteiger partial charge is 0.298 e. The van der Waals surface area contributed by atoms with Crippen molar-refractivity contribution < 1.29 is 13.2 Å². The molecule has 0 aliphatic heterocycles. The molecule has 26 heavy (non-hydrogen) atoms. The Kier molecular flexibility index (Phi) is 5.06. The van der Waals surface area contributed by atoms with E-state index in [1.807, 2.05) is 13.0 Å². The van der Waals surface area contributed by atoms with E-state index >= 15 is 0 Å². The fourth-order valence-electron chi connectivity index (χ4n) is 2.39. The molecule has 6 nitrogen and oxygen atoms in total. The fraction of sp³-hybridized carbons (Fsp3) is 0.111. The van der Waals surface area contributed by atoms with Gasteiger partial charge < -0.3 is 0 Å². The zero-order valence-corrected chi connectivity index (χ0v) is 15.8. The molecule has 0 atom stereocenters. The minimum Gasteiger partial charge on any atom is -0.298 e. The van der Waals surface area contributed by atoms with Gasteiger partial charge in [-0.2, -0.15) is 0 Å². The summed E-state index contributed by atoms with van der Waals surface area (Å²) in [6, 6.07) is 11.5. The van der Waals surface area contributed by atoms with Crippen molar-refractivity contribution >= 4 is 38.1 Å². The van der Waals surface area contributed by atoms with E-state index in [1.54, 1.807) is 42.8 Å². The van der Waals surface area contributed by atoms with E-state index in [0.29, 0.717) is 16.4 Å². The van der Waals surface area contributed by atoms with Crippen LogP contribution in [0.3, 0.4) is 0 Å². The number of rotatable bonds is 5. The number of aryl methyl sites for hydroxylation is 2. The highest BCUT2D eigenvalue weighted by atomic mass is 32.2. The van der Waals surface area contributed by atoms with Crippen molar-refractivity contribution in [2.24, 2.45) is 0 Å². The third kappa shape index (κ3) is 4.09. The Morgan fingerprint density at radius 3 is 2.62 bits per heavy atom. The second-order valence-electron chi connectivity index (χ2n) is 5.74. The van der Waals surface area contributed by atoms with Crippen LogP contribution >= 0.6 is 11.3 Å². The molecule has 0 aliphatic carbocycles. The highest BCUT2D eigenvalue weighted by Crippen LogP contribution is 2.21. The van der Waals surface area contributed by atoms with Crippen molar-refractivity contribution in [2.75, 3.05) is 10.0 Å². The van der Waals surface area contributed by atoms with Crippen LogP contribution < -0.4 is 10.0 Å². The van der Waals surface area contributed by atoms with Crippen molar-refractivity contribution in [1.82, 2.24) is 4.98 Å². The van der Waals surface area contributed by atoms with E-state index in [4.69, 9.17) is 0 Å². The molecule has 1 aromatic heterocycles. The van der Waals surface area contributed by atoms with Gasteiger partial charge in [0.25, 0.3) is 15.9 Å². The van der Waals surface area contributed by atoms with E-state index in [2.05, 4.69) is 15.0 Å². The lowest BCUT2D eigenvalue weighted by molar-refractivity contribution is 0.102. The van der Waals surface area contributed by atoms with Crippen LogP contribution in [0.15, 0.2) is 58.9 Å². The summed E-state index contributed by atoms with van der Waals surface area (Å²) in [5.41, 5.74) is 2.37. The maximum atomic E-state index is 12.7. The van der Waals surface area contributed by atoms with Gasteiger partial charge in [0.05, 0.1) is 4.90 Å². The number of thiazole rings is 1. The number of aromatic nitrogens is 1.